The van der Waals surface area contributed by atoms with E-state index < -0.39 is 0 Å². The predicted octanol–water partition coefficient (Wildman–Crippen LogP) is 1.70. The molecule has 1 fully saturated rings. The van der Waals surface area contributed by atoms with Gasteiger partial charge in [-0.1, -0.05) is 13.8 Å². The van der Waals surface area contributed by atoms with Gasteiger partial charge in [0.2, 0.25) is 0 Å². The Bertz CT molecular complexity index is 154. The second-order valence-corrected chi connectivity index (χ2v) is 4.10. The van der Waals surface area contributed by atoms with Crippen molar-refractivity contribution in [1.82, 2.24) is 4.90 Å². The Morgan fingerprint density at radius 1 is 1.50 bits per heavy atom. The first kappa shape index (κ1) is 9.72. The summed E-state index contributed by atoms with van der Waals surface area (Å²) in [6.45, 7) is 7.38. The second-order valence-electron chi connectivity index (χ2n) is 4.10. The van der Waals surface area contributed by atoms with Gasteiger partial charge in [0.1, 0.15) is 5.78 Å². The fourth-order valence-electron chi connectivity index (χ4n) is 1.54. The number of piperidine rings is 1. The molecule has 1 aliphatic heterocycles. The van der Waals surface area contributed by atoms with E-state index >= 15 is 0 Å². The molecule has 0 aromatic rings. The van der Waals surface area contributed by atoms with Crippen molar-refractivity contribution in [2.75, 3.05) is 19.6 Å². The van der Waals surface area contributed by atoms with Crippen molar-refractivity contribution in [2.45, 2.75) is 33.1 Å². The van der Waals surface area contributed by atoms with E-state index in [4.69, 9.17) is 0 Å². The molecule has 0 spiro atoms. The van der Waals surface area contributed by atoms with E-state index in [1.54, 1.807) is 0 Å². The monoisotopic (exact) mass is 169 g/mol. The van der Waals surface area contributed by atoms with Gasteiger partial charge >= 0.3 is 0 Å². The number of nitrogens with zero attached hydrogens (tertiary/aromatic N) is 1. The van der Waals surface area contributed by atoms with Crippen molar-refractivity contribution < 1.29 is 4.79 Å². The second kappa shape index (κ2) is 4.61. The van der Waals surface area contributed by atoms with E-state index in [1.807, 2.05) is 0 Å². The minimum absolute atomic E-state index is 0.421. The van der Waals surface area contributed by atoms with E-state index in [2.05, 4.69) is 18.7 Å². The average molecular weight is 169 g/mol. The summed E-state index contributed by atoms with van der Waals surface area (Å²) in [6, 6.07) is 0. The molecule has 1 saturated heterocycles. The summed E-state index contributed by atoms with van der Waals surface area (Å²) in [7, 11) is 0. The highest BCUT2D eigenvalue weighted by molar-refractivity contribution is 5.81. The Kier molecular flexibility index (Phi) is 3.73. The molecule has 1 rings (SSSR count). The minimum Gasteiger partial charge on any atom is -0.298 e. The van der Waals surface area contributed by atoms with Crippen molar-refractivity contribution in [1.29, 1.82) is 0 Å². The average Bonchev–Trinajstić information content (AvgIpc) is 2.01. The van der Waals surface area contributed by atoms with Gasteiger partial charge in [0.05, 0.1) is 6.54 Å². The van der Waals surface area contributed by atoms with Crippen LogP contribution in [0.1, 0.15) is 33.1 Å². The maximum atomic E-state index is 11.1. The summed E-state index contributed by atoms with van der Waals surface area (Å²) in [5.74, 6) is 1.17. The Hall–Kier alpha value is -0.370. The normalized spacial score (nSPS) is 20.4. The molecule has 0 aromatic heterocycles. The summed E-state index contributed by atoms with van der Waals surface area (Å²) in [5.41, 5.74) is 0. The van der Waals surface area contributed by atoms with Gasteiger partial charge in [-0.05, 0) is 31.8 Å². The number of hydrogen-bond donors (Lipinski definition) is 0. The zero-order valence-corrected chi connectivity index (χ0v) is 8.18. The molecule has 0 radical (unpaired) electrons. The van der Waals surface area contributed by atoms with E-state index in [0.29, 0.717) is 12.3 Å². The summed E-state index contributed by atoms with van der Waals surface area (Å²) < 4.78 is 0. The standard InChI is InChI=1S/C10H19NO/c1-9(2)5-7-11-6-3-4-10(12)8-11/h9H,3-8H2,1-2H3. The molecule has 1 aliphatic rings. The van der Waals surface area contributed by atoms with Gasteiger partial charge in [-0.2, -0.15) is 0 Å². The molecule has 12 heavy (non-hydrogen) atoms. The highest BCUT2D eigenvalue weighted by atomic mass is 16.1. The first-order chi connectivity index (χ1) is 5.68. The number of ketones is 1. The molecule has 0 aromatic carbocycles. The molecular formula is C10H19NO. The Morgan fingerprint density at radius 3 is 2.83 bits per heavy atom. The van der Waals surface area contributed by atoms with Gasteiger partial charge in [-0.15, -0.1) is 0 Å². The Balaban J connectivity index is 2.18. The Labute approximate surface area is 74.9 Å². The van der Waals surface area contributed by atoms with Crippen LogP contribution in [0.25, 0.3) is 0 Å². The van der Waals surface area contributed by atoms with E-state index in [-0.39, 0.29) is 0 Å². The van der Waals surface area contributed by atoms with Crippen molar-refractivity contribution >= 4 is 5.78 Å². The number of carbonyl (C=O) groups is 1. The first-order valence-electron chi connectivity index (χ1n) is 4.92. The van der Waals surface area contributed by atoms with Crippen LogP contribution in [0.3, 0.4) is 0 Å². The molecule has 2 heteroatoms. The van der Waals surface area contributed by atoms with E-state index in [1.165, 1.54) is 6.42 Å². The number of hydrogen-bond acceptors (Lipinski definition) is 2. The molecule has 0 N–H and O–H groups in total. The lowest BCUT2D eigenvalue weighted by atomic mass is 10.1. The molecule has 0 atom stereocenters. The molecule has 0 bridgehead atoms. The smallest absolute Gasteiger partial charge is 0.146 e. The lowest BCUT2D eigenvalue weighted by molar-refractivity contribution is -0.122. The molecule has 0 unspecified atom stereocenters. The lowest BCUT2D eigenvalue weighted by Gasteiger charge is -2.25. The SMILES string of the molecule is CC(C)CCN1CCCC(=O)C1. The molecular weight excluding hydrogens is 150 g/mol. The van der Waals surface area contributed by atoms with Crippen LogP contribution in [0.5, 0.6) is 0 Å². The number of Topliss-reactive ketones (excluding diaryl/α,β-unsaturated/α-hetero) is 1. The highest BCUT2D eigenvalue weighted by Gasteiger charge is 2.15. The van der Waals surface area contributed by atoms with E-state index in [9.17, 15) is 4.79 Å². The van der Waals surface area contributed by atoms with Crippen LogP contribution in [0.4, 0.5) is 0 Å². The first-order valence-corrected chi connectivity index (χ1v) is 4.92. The largest absolute Gasteiger partial charge is 0.298 e. The molecule has 70 valence electrons. The van der Waals surface area contributed by atoms with Crippen molar-refractivity contribution in [3.8, 4) is 0 Å². The number of rotatable bonds is 3. The van der Waals surface area contributed by atoms with Crippen LogP contribution in [-0.2, 0) is 4.79 Å². The van der Waals surface area contributed by atoms with Crippen LogP contribution in [0.2, 0.25) is 0 Å². The van der Waals surface area contributed by atoms with Gasteiger partial charge in [-0.25, -0.2) is 0 Å². The number of carbonyl (C=O) groups excluding carboxylic acids is 1. The quantitative estimate of drug-likeness (QED) is 0.641. The lowest BCUT2D eigenvalue weighted by Crippen LogP contribution is -2.36. The highest BCUT2D eigenvalue weighted by Crippen LogP contribution is 2.08. The van der Waals surface area contributed by atoms with Crippen molar-refractivity contribution in [3.05, 3.63) is 0 Å². The summed E-state index contributed by atoms with van der Waals surface area (Å²) in [6.07, 6.45) is 3.09. The zero-order valence-electron chi connectivity index (χ0n) is 8.18. The third-order valence-electron chi connectivity index (χ3n) is 2.35. The molecule has 2 nitrogen and oxygen atoms in total. The van der Waals surface area contributed by atoms with Crippen molar-refractivity contribution in [3.63, 3.8) is 0 Å². The van der Waals surface area contributed by atoms with Crippen LogP contribution >= 0.6 is 0 Å². The van der Waals surface area contributed by atoms with Crippen LogP contribution in [-0.4, -0.2) is 30.3 Å². The summed E-state index contributed by atoms with van der Waals surface area (Å²) in [5, 5.41) is 0. The van der Waals surface area contributed by atoms with Crippen molar-refractivity contribution in [2.24, 2.45) is 5.92 Å². The van der Waals surface area contributed by atoms with Crippen LogP contribution < -0.4 is 0 Å². The number of likely N-dealkylation sites (tertiary alicyclic amines) is 1. The van der Waals surface area contributed by atoms with Gasteiger partial charge in [0.25, 0.3) is 0 Å². The van der Waals surface area contributed by atoms with Gasteiger partial charge in [0, 0.05) is 6.42 Å². The van der Waals surface area contributed by atoms with Gasteiger partial charge < -0.3 is 0 Å². The third kappa shape index (κ3) is 3.35. The summed E-state index contributed by atoms with van der Waals surface area (Å²) >= 11 is 0. The van der Waals surface area contributed by atoms with Gasteiger partial charge in [-0.3, -0.25) is 9.69 Å². The topological polar surface area (TPSA) is 20.3 Å². The Morgan fingerprint density at radius 2 is 2.25 bits per heavy atom. The van der Waals surface area contributed by atoms with E-state index in [0.717, 1.165) is 31.8 Å². The molecule has 0 saturated carbocycles. The predicted molar refractivity (Wildman–Crippen MR) is 50.1 cm³/mol. The fraction of sp³-hybridized carbons (Fsp3) is 0.900. The maximum absolute atomic E-state index is 11.1. The maximum Gasteiger partial charge on any atom is 0.146 e. The van der Waals surface area contributed by atoms with Crippen LogP contribution in [0, 0.1) is 5.92 Å². The molecule has 0 amide bonds. The van der Waals surface area contributed by atoms with Gasteiger partial charge in [0.15, 0.2) is 0 Å². The zero-order chi connectivity index (χ0) is 8.97. The molecule has 0 aliphatic carbocycles. The van der Waals surface area contributed by atoms with Crippen LogP contribution in [0.15, 0.2) is 0 Å². The molecule has 1 heterocycles. The summed E-state index contributed by atoms with van der Waals surface area (Å²) in [4.78, 5) is 13.4. The minimum atomic E-state index is 0.421. The fourth-order valence-corrected chi connectivity index (χ4v) is 1.54. The third-order valence-corrected chi connectivity index (χ3v) is 2.35.